The van der Waals surface area contributed by atoms with Gasteiger partial charge in [-0.15, -0.1) is 0 Å². The number of hydrogen-bond donors (Lipinski definition) is 1. The topological polar surface area (TPSA) is 53.0 Å². The number of hydrogen-bond acceptors (Lipinski definition) is 4. The van der Waals surface area contributed by atoms with Gasteiger partial charge in [0.2, 0.25) is 0 Å². The summed E-state index contributed by atoms with van der Waals surface area (Å²) < 4.78 is 5.74. The number of nitrogens with zero attached hydrogens (tertiary/aromatic N) is 2. The van der Waals surface area contributed by atoms with Crippen molar-refractivity contribution in [3.8, 4) is 0 Å². The Hall–Kier alpha value is -1.43. The van der Waals surface area contributed by atoms with Crippen LogP contribution in [-0.2, 0) is 11.3 Å². The minimum Gasteiger partial charge on any atom is -0.395 e. The summed E-state index contributed by atoms with van der Waals surface area (Å²) in [5, 5.41) is 8.89. The number of aliphatic hydroxyl groups is 1. The summed E-state index contributed by atoms with van der Waals surface area (Å²) in [6.07, 6.45) is 0.522. The number of likely N-dealkylation sites (N-methyl/N-ethyl adjacent to an activating group) is 1. The van der Waals surface area contributed by atoms with Crippen LogP contribution in [0.2, 0.25) is 0 Å². The van der Waals surface area contributed by atoms with Gasteiger partial charge in [-0.2, -0.15) is 0 Å². The van der Waals surface area contributed by atoms with Crippen molar-refractivity contribution in [1.82, 2.24) is 9.80 Å². The van der Waals surface area contributed by atoms with Crippen molar-refractivity contribution in [2.24, 2.45) is 0 Å². The van der Waals surface area contributed by atoms with Crippen LogP contribution in [0, 0.1) is 0 Å². The van der Waals surface area contributed by atoms with E-state index in [4.69, 9.17) is 9.84 Å². The van der Waals surface area contributed by atoms with Crippen LogP contribution in [0.5, 0.6) is 0 Å². The molecular weight excluding hydrogens is 280 g/mol. The molecule has 1 amide bonds. The zero-order valence-corrected chi connectivity index (χ0v) is 13.7. The molecule has 2 atom stereocenters. The lowest BCUT2D eigenvalue weighted by atomic mass is 10.1. The minimum absolute atomic E-state index is 0.0201. The van der Waals surface area contributed by atoms with Gasteiger partial charge in [0.25, 0.3) is 5.91 Å². The van der Waals surface area contributed by atoms with Crippen molar-refractivity contribution in [3.63, 3.8) is 0 Å². The minimum atomic E-state index is -0.0609. The predicted molar refractivity (Wildman–Crippen MR) is 85.8 cm³/mol. The highest BCUT2D eigenvalue weighted by atomic mass is 16.5. The molecule has 2 unspecified atom stereocenters. The second kappa shape index (κ2) is 7.72. The molecule has 0 aromatic heterocycles. The summed E-state index contributed by atoms with van der Waals surface area (Å²) in [4.78, 5) is 16.0. The standard InChI is InChI=1S/C17H26N2O3/c1-13-10-19(11-14(2)22-13)12-15-4-6-16(7-5-15)17(21)18(3)8-9-20/h4-7,13-14,20H,8-12H2,1-3H3. The van der Waals surface area contributed by atoms with Gasteiger partial charge in [0.15, 0.2) is 0 Å². The monoisotopic (exact) mass is 306 g/mol. The highest BCUT2D eigenvalue weighted by Gasteiger charge is 2.22. The van der Waals surface area contributed by atoms with Crippen molar-refractivity contribution in [3.05, 3.63) is 35.4 Å². The molecule has 0 spiro atoms. The van der Waals surface area contributed by atoms with Crippen molar-refractivity contribution in [1.29, 1.82) is 0 Å². The molecule has 1 saturated heterocycles. The average molecular weight is 306 g/mol. The summed E-state index contributed by atoms with van der Waals surface area (Å²) in [6.45, 7) is 7.27. The molecule has 22 heavy (non-hydrogen) atoms. The fraction of sp³-hybridized carbons (Fsp3) is 0.588. The second-order valence-corrected chi connectivity index (χ2v) is 6.10. The molecule has 1 fully saturated rings. The van der Waals surface area contributed by atoms with E-state index in [0.717, 1.165) is 19.6 Å². The smallest absolute Gasteiger partial charge is 0.253 e. The summed E-state index contributed by atoms with van der Waals surface area (Å²) in [5.41, 5.74) is 1.85. The quantitative estimate of drug-likeness (QED) is 0.892. The largest absolute Gasteiger partial charge is 0.395 e. The fourth-order valence-electron chi connectivity index (χ4n) is 2.90. The summed E-state index contributed by atoms with van der Waals surface area (Å²) >= 11 is 0. The van der Waals surface area contributed by atoms with Crippen molar-refractivity contribution < 1.29 is 14.6 Å². The Balaban J connectivity index is 1.95. The number of ether oxygens (including phenoxy) is 1. The maximum Gasteiger partial charge on any atom is 0.253 e. The Morgan fingerprint density at radius 2 is 1.86 bits per heavy atom. The van der Waals surface area contributed by atoms with Gasteiger partial charge < -0.3 is 14.7 Å². The first-order chi connectivity index (χ1) is 10.5. The number of rotatable bonds is 5. The molecule has 122 valence electrons. The van der Waals surface area contributed by atoms with E-state index in [-0.39, 0.29) is 24.7 Å². The maximum absolute atomic E-state index is 12.1. The van der Waals surface area contributed by atoms with E-state index in [0.29, 0.717) is 12.1 Å². The molecule has 5 nitrogen and oxygen atoms in total. The average Bonchev–Trinajstić information content (AvgIpc) is 2.46. The third kappa shape index (κ3) is 4.53. The molecule has 0 aliphatic carbocycles. The van der Waals surface area contributed by atoms with Gasteiger partial charge in [0, 0.05) is 38.8 Å². The molecule has 2 rings (SSSR count). The zero-order chi connectivity index (χ0) is 16.1. The van der Waals surface area contributed by atoms with Crippen molar-refractivity contribution in [2.75, 3.05) is 33.3 Å². The molecule has 0 saturated carbocycles. The molecular formula is C17H26N2O3. The van der Waals surface area contributed by atoms with Crippen LogP contribution in [0.3, 0.4) is 0 Å². The lowest BCUT2D eigenvalue weighted by Crippen LogP contribution is -2.44. The molecule has 1 aliphatic heterocycles. The van der Waals surface area contributed by atoms with Crippen LogP contribution >= 0.6 is 0 Å². The van der Waals surface area contributed by atoms with E-state index in [9.17, 15) is 4.79 Å². The van der Waals surface area contributed by atoms with Crippen LogP contribution in [0.1, 0.15) is 29.8 Å². The van der Waals surface area contributed by atoms with Gasteiger partial charge in [-0.05, 0) is 31.5 Å². The van der Waals surface area contributed by atoms with Crippen LogP contribution < -0.4 is 0 Å². The molecule has 0 radical (unpaired) electrons. The lowest BCUT2D eigenvalue weighted by Gasteiger charge is -2.35. The molecule has 1 N–H and O–H groups in total. The van der Waals surface area contributed by atoms with Crippen molar-refractivity contribution >= 4 is 5.91 Å². The molecule has 0 bridgehead atoms. The van der Waals surface area contributed by atoms with Gasteiger partial charge in [-0.1, -0.05) is 12.1 Å². The van der Waals surface area contributed by atoms with Gasteiger partial charge in [0.1, 0.15) is 0 Å². The van der Waals surface area contributed by atoms with Crippen molar-refractivity contribution in [2.45, 2.75) is 32.6 Å². The van der Waals surface area contributed by atoms with Crippen LogP contribution in [0.4, 0.5) is 0 Å². The number of carbonyl (C=O) groups excluding carboxylic acids is 1. The zero-order valence-electron chi connectivity index (χ0n) is 13.7. The fourth-order valence-corrected chi connectivity index (χ4v) is 2.90. The number of morpholine rings is 1. The predicted octanol–water partition coefficient (Wildman–Crippen LogP) is 1.36. The highest BCUT2D eigenvalue weighted by molar-refractivity contribution is 5.94. The summed E-state index contributed by atoms with van der Waals surface area (Å²) in [7, 11) is 1.70. The van der Waals surface area contributed by atoms with E-state index in [1.165, 1.54) is 10.5 Å². The third-order valence-corrected chi connectivity index (χ3v) is 3.88. The molecule has 1 aliphatic rings. The van der Waals surface area contributed by atoms with Gasteiger partial charge in [-0.3, -0.25) is 9.69 Å². The van der Waals surface area contributed by atoms with Crippen LogP contribution in [0.25, 0.3) is 0 Å². The summed E-state index contributed by atoms with van der Waals surface area (Å²) in [6, 6.07) is 7.73. The number of benzene rings is 1. The van der Waals surface area contributed by atoms with E-state index in [1.807, 2.05) is 24.3 Å². The summed E-state index contributed by atoms with van der Waals surface area (Å²) in [5.74, 6) is -0.0609. The third-order valence-electron chi connectivity index (χ3n) is 3.88. The number of amides is 1. The Bertz CT molecular complexity index is 479. The lowest BCUT2D eigenvalue weighted by molar-refractivity contribution is -0.0704. The first-order valence-electron chi connectivity index (χ1n) is 7.82. The Kier molecular flexibility index (Phi) is 5.94. The Morgan fingerprint density at radius 3 is 2.41 bits per heavy atom. The first-order valence-corrected chi connectivity index (χ1v) is 7.82. The van der Waals surface area contributed by atoms with Gasteiger partial charge >= 0.3 is 0 Å². The second-order valence-electron chi connectivity index (χ2n) is 6.10. The normalized spacial score (nSPS) is 22.5. The van der Waals surface area contributed by atoms with Gasteiger partial charge in [-0.25, -0.2) is 0 Å². The van der Waals surface area contributed by atoms with E-state index < -0.39 is 0 Å². The molecule has 1 heterocycles. The van der Waals surface area contributed by atoms with E-state index in [1.54, 1.807) is 7.05 Å². The highest BCUT2D eigenvalue weighted by Crippen LogP contribution is 2.15. The molecule has 1 aromatic rings. The molecule has 5 heteroatoms. The Morgan fingerprint density at radius 1 is 1.27 bits per heavy atom. The van der Waals surface area contributed by atoms with E-state index in [2.05, 4.69) is 18.7 Å². The SMILES string of the molecule is CC1CN(Cc2ccc(C(=O)N(C)CCO)cc2)CC(C)O1. The van der Waals surface area contributed by atoms with Crippen LogP contribution in [-0.4, -0.2) is 66.3 Å². The number of carbonyl (C=O) groups is 1. The van der Waals surface area contributed by atoms with Crippen LogP contribution in [0.15, 0.2) is 24.3 Å². The maximum atomic E-state index is 12.1. The molecule has 1 aromatic carbocycles. The van der Waals surface area contributed by atoms with E-state index >= 15 is 0 Å². The Labute approximate surface area is 132 Å². The first kappa shape index (κ1) is 16.9. The number of aliphatic hydroxyl groups excluding tert-OH is 1. The van der Waals surface area contributed by atoms with Gasteiger partial charge in [0.05, 0.1) is 18.8 Å².